The Morgan fingerprint density at radius 2 is 2.12 bits per heavy atom. The van der Waals surface area contributed by atoms with Crippen molar-refractivity contribution in [2.45, 2.75) is 43.7 Å². The van der Waals surface area contributed by atoms with Crippen LogP contribution in [0, 0.1) is 12.8 Å². The van der Waals surface area contributed by atoms with Crippen molar-refractivity contribution >= 4 is 16.0 Å². The largest absolute Gasteiger partial charge is 0.465 e. The number of rotatable bonds is 8. The van der Waals surface area contributed by atoms with Gasteiger partial charge in [0, 0.05) is 12.5 Å². The molecule has 3 atom stereocenters. The van der Waals surface area contributed by atoms with Gasteiger partial charge in [-0.05, 0) is 38.8 Å². The van der Waals surface area contributed by atoms with Crippen LogP contribution in [0.5, 0.6) is 0 Å². The molecule has 1 aromatic rings. The molecule has 2 rings (SSSR count). The van der Waals surface area contributed by atoms with Gasteiger partial charge in [0.1, 0.15) is 6.04 Å². The van der Waals surface area contributed by atoms with E-state index in [9.17, 15) is 13.2 Å². The van der Waals surface area contributed by atoms with Gasteiger partial charge in [0.05, 0.1) is 17.6 Å². The average Bonchev–Trinajstić information content (AvgIpc) is 3.01. The van der Waals surface area contributed by atoms with Gasteiger partial charge in [0.25, 0.3) is 0 Å². The normalized spacial score (nSPS) is 21.7. The van der Waals surface area contributed by atoms with E-state index in [0.29, 0.717) is 19.4 Å². The predicted molar refractivity (Wildman–Crippen MR) is 94.6 cm³/mol. The molecule has 25 heavy (non-hydrogen) atoms. The first-order valence-corrected chi connectivity index (χ1v) is 9.85. The van der Waals surface area contributed by atoms with Crippen LogP contribution in [0.1, 0.15) is 25.3 Å². The molecule has 1 aliphatic heterocycles. The molecule has 138 valence electrons. The second-order valence-electron chi connectivity index (χ2n) is 6.05. The zero-order valence-electron chi connectivity index (χ0n) is 14.6. The summed E-state index contributed by atoms with van der Waals surface area (Å²) in [7, 11) is -3.85. The van der Waals surface area contributed by atoms with E-state index in [4.69, 9.17) is 9.47 Å². The van der Waals surface area contributed by atoms with Gasteiger partial charge in [-0.15, -0.1) is 6.58 Å². The summed E-state index contributed by atoms with van der Waals surface area (Å²) >= 11 is 0. The van der Waals surface area contributed by atoms with Crippen molar-refractivity contribution in [3.8, 4) is 0 Å². The standard InChI is InChI=1S/C18H25NO5S/c1-4-6-16-15(11-12-24-16)17(18(20)23-5-2)19-25(21,22)14-9-7-13(3)8-10-14/h4,7-10,15-17,19H,1,5-6,11-12H2,2-3H3/t15?,16?,17-/m0/s1. The van der Waals surface area contributed by atoms with Crippen molar-refractivity contribution in [1.29, 1.82) is 0 Å². The third-order valence-electron chi connectivity index (χ3n) is 4.24. The zero-order valence-corrected chi connectivity index (χ0v) is 15.4. The molecule has 1 aliphatic rings. The van der Waals surface area contributed by atoms with Crippen LogP contribution in [0.25, 0.3) is 0 Å². The fourth-order valence-corrected chi connectivity index (χ4v) is 4.18. The fraction of sp³-hybridized carbons (Fsp3) is 0.500. The summed E-state index contributed by atoms with van der Waals surface area (Å²) in [4.78, 5) is 12.5. The van der Waals surface area contributed by atoms with E-state index < -0.39 is 22.0 Å². The Bertz CT molecular complexity index is 699. The third-order valence-corrected chi connectivity index (χ3v) is 5.70. The number of aryl methyl sites for hydroxylation is 1. The van der Waals surface area contributed by atoms with Crippen LogP contribution < -0.4 is 4.72 Å². The maximum absolute atomic E-state index is 12.7. The Kier molecular flexibility index (Phi) is 6.75. The average molecular weight is 367 g/mol. The first-order valence-electron chi connectivity index (χ1n) is 8.37. The van der Waals surface area contributed by atoms with Gasteiger partial charge in [0.2, 0.25) is 10.0 Å². The lowest BCUT2D eigenvalue weighted by Gasteiger charge is -2.26. The number of hydrogen-bond donors (Lipinski definition) is 1. The van der Waals surface area contributed by atoms with Gasteiger partial charge in [-0.2, -0.15) is 4.72 Å². The van der Waals surface area contributed by atoms with Gasteiger partial charge in [-0.1, -0.05) is 23.8 Å². The van der Waals surface area contributed by atoms with Crippen molar-refractivity contribution in [3.05, 3.63) is 42.5 Å². The highest BCUT2D eigenvalue weighted by Gasteiger charge is 2.41. The maximum Gasteiger partial charge on any atom is 0.324 e. The number of esters is 1. The first-order chi connectivity index (χ1) is 11.9. The minimum Gasteiger partial charge on any atom is -0.465 e. The highest BCUT2D eigenvalue weighted by atomic mass is 32.2. The molecular formula is C18H25NO5S. The lowest BCUT2D eigenvalue weighted by molar-refractivity contribution is -0.147. The SMILES string of the molecule is C=CCC1OCCC1[C@H](NS(=O)(=O)c1ccc(C)cc1)C(=O)OCC. The highest BCUT2D eigenvalue weighted by molar-refractivity contribution is 7.89. The Morgan fingerprint density at radius 1 is 1.44 bits per heavy atom. The van der Waals surface area contributed by atoms with E-state index in [2.05, 4.69) is 11.3 Å². The van der Waals surface area contributed by atoms with Gasteiger partial charge in [-0.3, -0.25) is 4.79 Å². The van der Waals surface area contributed by atoms with Gasteiger partial charge in [-0.25, -0.2) is 8.42 Å². The third kappa shape index (κ3) is 4.90. The molecule has 0 amide bonds. The number of carbonyl (C=O) groups is 1. The molecule has 0 aromatic heterocycles. The molecule has 0 bridgehead atoms. The molecule has 6 nitrogen and oxygen atoms in total. The minimum absolute atomic E-state index is 0.117. The smallest absolute Gasteiger partial charge is 0.324 e. The monoisotopic (exact) mass is 367 g/mol. The zero-order chi connectivity index (χ0) is 18.4. The van der Waals surface area contributed by atoms with E-state index in [1.165, 1.54) is 12.1 Å². The Balaban J connectivity index is 2.27. The van der Waals surface area contributed by atoms with Crippen LogP contribution in [0.4, 0.5) is 0 Å². The summed E-state index contributed by atoms with van der Waals surface area (Å²) in [6.45, 7) is 7.92. The molecule has 1 fully saturated rings. The molecule has 7 heteroatoms. The maximum atomic E-state index is 12.7. The van der Waals surface area contributed by atoms with Crippen LogP contribution in [0.3, 0.4) is 0 Å². The molecule has 0 radical (unpaired) electrons. The van der Waals surface area contributed by atoms with Crippen LogP contribution in [0.2, 0.25) is 0 Å². The van der Waals surface area contributed by atoms with E-state index in [0.717, 1.165) is 5.56 Å². The van der Waals surface area contributed by atoms with Crippen molar-refractivity contribution < 1.29 is 22.7 Å². The lowest BCUT2D eigenvalue weighted by atomic mass is 9.91. The summed E-state index contributed by atoms with van der Waals surface area (Å²) in [5, 5.41) is 0. The summed E-state index contributed by atoms with van der Waals surface area (Å²) in [5.74, 6) is -0.875. The number of nitrogens with one attached hydrogen (secondary N) is 1. The number of sulfonamides is 1. The van der Waals surface area contributed by atoms with Gasteiger partial charge in [0.15, 0.2) is 0 Å². The molecular weight excluding hydrogens is 342 g/mol. The molecule has 1 heterocycles. The Labute approximate surface area is 149 Å². The van der Waals surface area contributed by atoms with Crippen molar-refractivity contribution in [3.63, 3.8) is 0 Å². The van der Waals surface area contributed by atoms with Gasteiger partial charge < -0.3 is 9.47 Å². The molecule has 0 saturated carbocycles. The second kappa shape index (κ2) is 8.60. The topological polar surface area (TPSA) is 81.7 Å². The van der Waals surface area contributed by atoms with E-state index in [1.807, 2.05) is 6.92 Å². The number of benzene rings is 1. The summed E-state index contributed by atoms with van der Waals surface area (Å²) < 4.78 is 38.7. The van der Waals surface area contributed by atoms with E-state index >= 15 is 0 Å². The molecule has 0 aliphatic carbocycles. The Morgan fingerprint density at radius 3 is 2.72 bits per heavy atom. The Hall–Kier alpha value is -1.70. The van der Waals surface area contributed by atoms with Crippen molar-refractivity contribution in [1.82, 2.24) is 4.72 Å². The second-order valence-corrected chi connectivity index (χ2v) is 7.76. The molecule has 1 saturated heterocycles. The number of ether oxygens (including phenoxy) is 2. The van der Waals surface area contributed by atoms with E-state index in [-0.39, 0.29) is 23.5 Å². The summed E-state index contributed by atoms with van der Waals surface area (Å²) in [6, 6.07) is 5.48. The van der Waals surface area contributed by atoms with Crippen molar-refractivity contribution in [2.24, 2.45) is 5.92 Å². The predicted octanol–water partition coefficient (Wildman–Crippen LogP) is 2.19. The van der Waals surface area contributed by atoms with Crippen LogP contribution in [-0.4, -0.2) is 39.7 Å². The summed E-state index contributed by atoms with van der Waals surface area (Å²) in [5.41, 5.74) is 0.955. The molecule has 2 unspecified atom stereocenters. The quantitative estimate of drug-likeness (QED) is 0.563. The number of carbonyl (C=O) groups excluding carboxylic acids is 1. The van der Waals surface area contributed by atoms with Gasteiger partial charge >= 0.3 is 5.97 Å². The fourth-order valence-electron chi connectivity index (χ4n) is 2.95. The highest BCUT2D eigenvalue weighted by Crippen LogP contribution is 2.28. The van der Waals surface area contributed by atoms with Crippen LogP contribution in [0.15, 0.2) is 41.8 Å². The first kappa shape index (κ1) is 19.6. The minimum atomic E-state index is -3.85. The lowest BCUT2D eigenvalue weighted by Crippen LogP contribution is -2.49. The molecule has 1 aromatic carbocycles. The van der Waals surface area contributed by atoms with Crippen LogP contribution >= 0.6 is 0 Å². The molecule has 1 N–H and O–H groups in total. The van der Waals surface area contributed by atoms with Crippen molar-refractivity contribution in [2.75, 3.05) is 13.2 Å². The van der Waals surface area contributed by atoms with Crippen LogP contribution in [-0.2, 0) is 24.3 Å². The summed E-state index contributed by atoms with van der Waals surface area (Å²) in [6.07, 6.45) is 2.58. The van der Waals surface area contributed by atoms with E-state index in [1.54, 1.807) is 25.1 Å². The number of hydrogen-bond acceptors (Lipinski definition) is 5. The molecule has 0 spiro atoms.